The molecule has 4 heteroatoms. The van der Waals surface area contributed by atoms with Crippen LogP contribution in [0.5, 0.6) is 5.75 Å². The maximum atomic E-state index is 5.68. The number of thiazole rings is 1. The van der Waals surface area contributed by atoms with Gasteiger partial charge in [-0.15, -0.1) is 11.3 Å². The summed E-state index contributed by atoms with van der Waals surface area (Å²) in [6.07, 6.45) is 0. The lowest BCUT2D eigenvalue weighted by Crippen LogP contribution is -1.94. The molecular weight excluding hydrogens is 232 g/mol. The van der Waals surface area contributed by atoms with Gasteiger partial charge in [0.15, 0.2) is 0 Å². The Hall–Kier alpha value is -1.39. The smallest absolute Gasteiger partial charge is 0.129 e. The van der Waals surface area contributed by atoms with Gasteiger partial charge >= 0.3 is 0 Å². The lowest BCUT2D eigenvalue weighted by Gasteiger charge is -2.07. The molecule has 0 aliphatic heterocycles. The molecule has 1 heterocycles. The van der Waals surface area contributed by atoms with Crippen molar-refractivity contribution in [1.29, 1.82) is 0 Å². The minimum absolute atomic E-state index is 0.542. The minimum Gasteiger partial charge on any atom is -0.493 e. The number of nitrogens with zero attached hydrogens (tertiary/aromatic N) is 1. The van der Waals surface area contributed by atoms with Crippen LogP contribution in [0.2, 0.25) is 0 Å². The zero-order valence-electron chi connectivity index (χ0n) is 10.1. The molecule has 0 aliphatic carbocycles. The highest BCUT2D eigenvalue weighted by Gasteiger charge is 2.12. The first-order valence-electron chi connectivity index (χ1n) is 5.64. The van der Waals surface area contributed by atoms with Crippen molar-refractivity contribution in [1.82, 2.24) is 4.98 Å². The van der Waals surface area contributed by atoms with Gasteiger partial charge in [0.2, 0.25) is 0 Å². The van der Waals surface area contributed by atoms with Gasteiger partial charge in [-0.3, -0.25) is 0 Å². The van der Waals surface area contributed by atoms with Crippen molar-refractivity contribution in [3.8, 4) is 16.3 Å². The number of benzene rings is 1. The van der Waals surface area contributed by atoms with E-state index >= 15 is 0 Å². The topological polar surface area (TPSA) is 48.1 Å². The number of para-hydroxylation sites is 1. The molecule has 0 atom stereocenters. The number of aryl methyl sites for hydroxylation is 1. The summed E-state index contributed by atoms with van der Waals surface area (Å²) in [6.45, 7) is 5.17. The Labute approximate surface area is 105 Å². The molecule has 0 saturated heterocycles. The molecule has 2 rings (SSSR count). The van der Waals surface area contributed by atoms with E-state index in [1.54, 1.807) is 11.3 Å². The lowest BCUT2D eigenvalue weighted by molar-refractivity contribution is 0.341. The number of hydrogen-bond donors (Lipinski definition) is 1. The van der Waals surface area contributed by atoms with Crippen LogP contribution in [0.15, 0.2) is 24.3 Å². The molecule has 0 radical (unpaired) electrons. The molecule has 0 saturated carbocycles. The Morgan fingerprint density at radius 2 is 2.12 bits per heavy atom. The first kappa shape index (κ1) is 12.1. The van der Waals surface area contributed by atoms with E-state index in [4.69, 9.17) is 10.5 Å². The van der Waals surface area contributed by atoms with Crippen molar-refractivity contribution in [2.75, 3.05) is 6.61 Å². The number of ether oxygens (including phenoxy) is 1. The van der Waals surface area contributed by atoms with Gasteiger partial charge in [0, 0.05) is 11.4 Å². The molecule has 0 spiro atoms. The second-order valence-corrected chi connectivity index (χ2v) is 4.74. The van der Waals surface area contributed by atoms with Crippen LogP contribution in [-0.4, -0.2) is 11.6 Å². The van der Waals surface area contributed by atoms with Crippen molar-refractivity contribution in [3.05, 3.63) is 34.8 Å². The van der Waals surface area contributed by atoms with Crippen LogP contribution in [-0.2, 0) is 6.54 Å². The molecule has 1 aromatic carbocycles. The Morgan fingerprint density at radius 1 is 1.35 bits per heavy atom. The molecule has 2 N–H and O–H groups in total. The first-order chi connectivity index (χ1) is 8.26. The predicted octanol–water partition coefficient (Wildman–Crippen LogP) is 2.98. The minimum atomic E-state index is 0.542. The van der Waals surface area contributed by atoms with Crippen LogP contribution in [0.25, 0.3) is 10.6 Å². The maximum absolute atomic E-state index is 5.68. The average molecular weight is 248 g/mol. The number of hydrogen-bond acceptors (Lipinski definition) is 4. The summed E-state index contributed by atoms with van der Waals surface area (Å²) in [4.78, 5) is 5.68. The Kier molecular flexibility index (Phi) is 3.76. The Morgan fingerprint density at radius 3 is 2.76 bits per heavy atom. The molecule has 1 aromatic heterocycles. The molecular formula is C13H16N2OS. The zero-order valence-corrected chi connectivity index (χ0v) is 10.9. The monoisotopic (exact) mass is 248 g/mol. The van der Waals surface area contributed by atoms with Crippen LogP contribution in [0.1, 0.15) is 17.5 Å². The standard InChI is InChI=1S/C13H16N2OS/c1-3-16-11-7-5-4-6-10(11)13-15-9(2)12(8-14)17-13/h4-7H,3,8,14H2,1-2H3. The van der Waals surface area contributed by atoms with Crippen molar-refractivity contribution in [2.24, 2.45) is 5.73 Å². The summed E-state index contributed by atoms with van der Waals surface area (Å²) in [7, 11) is 0. The normalized spacial score (nSPS) is 10.5. The third kappa shape index (κ3) is 2.48. The molecule has 0 aliphatic rings. The SMILES string of the molecule is CCOc1ccccc1-c1nc(C)c(CN)s1. The van der Waals surface area contributed by atoms with Crippen molar-refractivity contribution in [2.45, 2.75) is 20.4 Å². The summed E-state index contributed by atoms with van der Waals surface area (Å²) in [5, 5.41) is 0.979. The summed E-state index contributed by atoms with van der Waals surface area (Å²) in [5.41, 5.74) is 7.73. The van der Waals surface area contributed by atoms with Crippen molar-refractivity contribution < 1.29 is 4.74 Å². The van der Waals surface area contributed by atoms with Gasteiger partial charge in [-0.1, -0.05) is 12.1 Å². The molecule has 0 bridgehead atoms. The van der Waals surface area contributed by atoms with Gasteiger partial charge in [-0.2, -0.15) is 0 Å². The molecule has 2 aromatic rings. The predicted molar refractivity (Wildman–Crippen MR) is 71.3 cm³/mol. The molecule has 0 amide bonds. The van der Waals surface area contributed by atoms with Gasteiger partial charge in [-0.25, -0.2) is 4.98 Å². The second kappa shape index (κ2) is 5.29. The van der Waals surface area contributed by atoms with Crippen LogP contribution in [0.3, 0.4) is 0 Å². The molecule has 17 heavy (non-hydrogen) atoms. The summed E-state index contributed by atoms with van der Waals surface area (Å²) >= 11 is 1.64. The quantitative estimate of drug-likeness (QED) is 0.905. The number of aromatic nitrogens is 1. The number of rotatable bonds is 4. The highest BCUT2D eigenvalue weighted by Crippen LogP contribution is 2.34. The molecule has 0 fully saturated rings. The number of nitrogens with two attached hydrogens (primary N) is 1. The van der Waals surface area contributed by atoms with Crippen molar-refractivity contribution in [3.63, 3.8) is 0 Å². The second-order valence-electron chi connectivity index (χ2n) is 3.66. The van der Waals surface area contributed by atoms with E-state index in [9.17, 15) is 0 Å². The largest absolute Gasteiger partial charge is 0.493 e. The van der Waals surface area contributed by atoms with Gasteiger partial charge in [-0.05, 0) is 26.0 Å². The van der Waals surface area contributed by atoms with Gasteiger partial charge in [0.1, 0.15) is 10.8 Å². The van der Waals surface area contributed by atoms with E-state index in [2.05, 4.69) is 4.98 Å². The Balaban J connectivity index is 2.44. The first-order valence-corrected chi connectivity index (χ1v) is 6.46. The highest BCUT2D eigenvalue weighted by molar-refractivity contribution is 7.15. The van der Waals surface area contributed by atoms with E-state index in [0.717, 1.165) is 26.9 Å². The van der Waals surface area contributed by atoms with Crippen molar-refractivity contribution >= 4 is 11.3 Å². The third-order valence-corrected chi connectivity index (χ3v) is 3.71. The van der Waals surface area contributed by atoms with E-state index in [0.29, 0.717) is 13.2 Å². The average Bonchev–Trinajstić information content (AvgIpc) is 2.71. The summed E-state index contributed by atoms with van der Waals surface area (Å²) < 4.78 is 5.61. The van der Waals surface area contributed by atoms with E-state index < -0.39 is 0 Å². The molecule has 90 valence electrons. The fourth-order valence-electron chi connectivity index (χ4n) is 1.66. The van der Waals surface area contributed by atoms with E-state index in [1.807, 2.05) is 38.1 Å². The summed E-state index contributed by atoms with van der Waals surface area (Å²) in [6, 6.07) is 7.97. The fraction of sp³-hybridized carbons (Fsp3) is 0.308. The maximum Gasteiger partial charge on any atom is 0.129 e. The van der Waals surface area contributed by atoms with Crippen LogP contribution < -0.4 is 10.5 Å². The summed E-state index contributed by atoms with van der Waals surface area (Å²) in [5.74, 6) is 0.882. The van der Waals surface area contributed by atoms with Crippen LogP contribution in [0.4, 0.5) is 0 Å². The third-order valence-electron chi connectivity index (χ3n) is 2.50. The fourth-order valence-corrected chi connectivity index (χ4v) is 2.63. The van der Waals surface area contributed by atoms with Crippen LogP contribution >= 0.6 is 11.3 Å². The Bertz CT molecular complexity index is 508. The lowest BCUT2D eigenvalue weighted by atomic mass is 10.2. The van der Waals surface area contributed by atoms with Gasteiger partial charge < -0.3 is 10.5 Å². The zero-order chi connectivity index (χ0) is 12.3. The molecule has 0 unspecified atom stereocenters. The molecule has 3 nitrogen and oxygen atoms in total. The van der Waals surface area contributed by atoms with Gasteiger partial charge in [0.05, 0.1) is 17.9 Å². The van der Waals surface area contributed by atoms with E-state index in [1.165, 1.54) is 0 Å². The van der Waals surface area contributed by atoms with Gasteiger partial charge in [0.25, 0.3) is 0 Å². The highest BCUT2D eigenvalue weighted by atomic mass is 32.1. The van der Waals surface area contributed by atoms with E-state index in [-0.39, 0.29) is 0 Å². The van der Waals surface area contributed by atoms with Crippen LogP contribution in [0, 0.1) is 6.92 Å².